The van der Waals surface area contributed by atoms with E-state index >= 15 is 0 Å². The van der Waals surface area contributed by atoms with Crippen LogP contribution in [0, 0.1) is 18.8 Å². The summed E-state index contributed by atoms with van der Waals surface area (Å²) in [6, 6.07) is 4.81. The molecule has 1 saturated heterocycles. The minimum absolute atomic E-state index is 0. The number of aryl methyl sites for hydroxylation is 1. The predicted molar refractivity (Wildman–Crippen MR) is 92.7 cm³/mol. The molecule has 1 saturated carbocycles. The largest absolute Gasteiger partial charge is 0.465 e. The maximum absolute atomic E-state index is 13.0. The highest BCUT2D eigenvalue weighted by molar-refractivity contribution is 7.89. The molecule has 0 aromatic heterocycles. The lowest BCUT2D eigenvalue weighted by Crippen LogP contribution is -2.34. The van der Waals surface area contributed by atoms with Gasteiger partial charge < -0.3 is 10.5 Å². The smallest absolute Gasteiger partial charge is 0.339 e. The summed E-state index contributed by atoms with van der Waals surface area (Å²) in [4.78, 5) is 12.0. The molecule has 1 aliphatic carbocycles. The Balaban J connectivity index is 0.00000208. The second-order valence-electron chi connectivity index (χ2n) is 6.48. The SMILES string of the molecule is COC(=O)c1cc(C)ccc1S(=O)(=O)N1CC2CCC(N)C2C1.Cl. The first-order chi connectivity index (χ1) is 10.8. The van der Waals surface area contributed by atoms with E-state index in [2.05, 4.69) is 0 Å². The van der Waals surface area contributed by atoms with Gasteiger partial charge in [-0.15, -0.1) is 12.4 Å². The van der Waals surface area contributed by atoms with Gasteiger partial charge >= 0.3 is 5.97 Å². The van der Waals surface area contributed by atoms with Crippen molar-refractivity contribution < 1.29 is 17.9 Å². The predicted octanol–water partition coefficient (Wildman–Crippen LogP) is 1.56. The van der Waals surface area contributed by atoms with Crippen molar-refractivity contribution in [1.82, 2.24) is 4.31 Å². The van der Waals surface area contributed by atoms with E-state index in [1.54, 1.807) is 12.1 Å². The number of halogens is 1. The summed E-state index contributed by atoms with van der Waals surface area (Å²) < 4.78 is 32.2. The van der Waals surface area contributed by atoms with Crippen molar-refractivity contribution in [3.05, 3.63) is 29.3 Å². The Kier molecular flexibility index (Phi) is 5.59. The van der Waals surface area contributed by atoms with Crippen LogP contribution in [-0.2, 0) is 14.8 Å². The van der Waals surface area contributed by atoms with Gasteiger partial charge in [-0.05, 0) is 43.7 Å². The van der Waals surface area contributed by atoms with Gasteiger partial charge in [-0.3, -0.25) is 0 Å². The first kappa shape index (κ1) is 19.2. The Morgan fingerprint density at radius 2 is 2.00 bits per heavy atom. The first-order valence-corrected chi connectivity index (χ1v) is 9.23. The minimum Gasteiger partial charge on any atom is -0.465 e. The van der Waals surface area contributed by atoms with Crippen molar-refractivity contribution in [2.24, 2.45) is 17.6 Å². The molecular weight excluding hydrogens is 352 g/mol. The van der Waals surface area contributed by atoms with Gasteiger partial charge in [-0.2, -0.15) is 4.31 Å². The van der Waals surface area contributed by atoms with Crippen LogP contribution < -0.4 is 5.73 Å². The van der Waals surface area contributed by atoms with Crippen molar-refractivity contribution in [3.8, 4) is 0 Å². The van der Waals surface area contributed by atoms with E-state index < -0.39 is 16.0 Å². The normalized spacial score (nSPS) is 26.7. The molecule has 1 aromatic carbocycles. The maximum atomic E-state index is 13.0. The number of ether oxygens (including phenoxy) is 1. The van der Waals surface area contributed by atoms with Gasteiger partial charge in [0.15, 0.2) is 0 Å². The number of fused-ring (bicyclic) bond motifs is 1. The fourth-order valence-corrected chi connectivity index (χ4v) is 5.43. The molecule has 3 rings (SSSR count). The van der Waals surface area contributed by atoms with E-state index in [9.17, 15) is 13.2 Å². The lowest BCUT2D eigenvalue weighted by Gasteiger charge is -2.20. The Morgan fingerprint density at radius 3 is 2.62 bits per heavy atom. The number of benzene rings is 1. The fourth-order valence-electron chi connectivity index (χ4n) is 3.74. The fraction of sp³-hybridized carbons (Fsp3) is 0.562. The van der Waals surface area contributed by atoms with Crippen LogP contribution in [0.5, 0.6) is 0 Å². The third-order valence-corrected chi connectivity index (χ3v) is 6.93. The lowest BCUT2D eigenvalue weighted by atomic mass is 9.98. The summed E-state index contributed by atoms with van der Waals surface area (Å²) in [5.74, 6) is -0.0908. The van der Waals surface area contributed by atoms with Crippen LogP contribution in [0.15, 0.2) is 23.1 Å². The van der Waals surface area contributed by atoms with E-state index in [-0.39, 0.29) is 34.8 Å². The lowest BCUT2D eigenvalue weighted by molar-refractivity contribution is 0.0596. The first-order valence-electron chi connectivity index (χ1n) is 7.79. The molecular formula is C16H23ClN2O4S. The molecule has 3 atom stereocenters. The molecule has 24 heavy (non-hydrogen) atoms. The van der Waals surface area contributed by atoms with Crippen molar-refractivity contribution in [2.45, 2.75) is 30.7 Å². The minimum atomic E-state index is -3.73. The maximum Gasteiger partial charge on any atom is 0.339 e. The number of esters is 1. The molecule has 0 radical (unpaired) electrons. The molecule has 2 N–H and O–H groups in total. The molecule has 0 amide bonds. The number of carbonyl (C=O) groups is 1. The molecule has 0 spiro atoms. The number of hydrogen-bond donors (Lipinski definition) is 1. The zero-order valence-electron chi connectivity index (χ0n) is 13.8. The molecule has 0 bridgehead atoms. The van der Waals surface area contributed by atoms with Gasteiger partial charge in [0.05, 0.1) is 17.6 Å². The highest BCUT2D eigenvalue weighted by atomic mass is 35.5. The topological polar surface area (TPSA) is 89.7 Å². The zero-order chi connectivity index (χ0) is 16.8. The number of nitrogens with two attached hydrogens (primary N) is 1. The average Bonchev–Trinajstić information content (AvgIpc) is 3.09. The second kappa shape index (κ2) is 7.00. The van der Waals surface area contributed by atoms with E-state index in [4.69, 9.17) is 10.5 Å². The van der Waals surface area contributed by atoms with Crippen molar-refractivity contribution in [3.63, 3.8) is 0 Å². The zero-order valence-corrected chi connectivity index (χ0v) is 15.4. The summed E-state index contributed by atoms with van der Waals surface area (Å²) in [7, 11) is -2.48. The monoisotopic (exact) mass is 374 g/mol. The van der Waals surface area contributed by atoms with Gasteiger partial charge in [0, 0.05) is 19.1 Å². The summed E-state index contributed by atoms with van der Waals surface area (Å²) in [6.45, 7) is 2.72. The summed E-state index contributed by atoms with van der Waals surface area (Å²) >= 11 is 0. The van der Waals surface area contributed by atoms with E-state index in [0.717, 1.165) is 18.4 Å². The Hall–Kier alpha value is -1.15. The summed E-state index contributed by atoms with van der Waals surface area (Å²) in [6.07, 6.45) is 1.93. The number of methoxy groups -OCH3 is 1. The van der Waals surface area contributed by atoms with Crippen LogP contribution in [0.2, 0.25) is 0 Å². The molecule has 1 aliphatic heterocycles. The Morgan fingerprint density at radius 1 is 1.29 bits per heavy atom. The van der Waals surface area contributed by atoms with Crippen LogP contribution in [-0.4, -0.2) is 44.9 Å². The molecule has 2 fully saturated rings. The highest BCUT2D eigenvalue weighted by Crippen LogP contribution is 2.39. The van der Waals surface area contributed by atoms with Crippen LogP contribution in [0.3, 0.4) is 0 Å². The van der Waals surface area contributed by atoms with Crippen molar-refractivity contribution in [2.75, 3.05) is 20.2 Å². The second-order valence-corrected chi connectivity index (χ2v) is 8.38. The summed E-state index contributed by atoms with van der Waals surface area (Å²) in [5.41, 5.74) is 6.99. The standard InChI is InChI=1S/C16H22N2O4S.ClH/c1-10-3-6-15(12(7-10)16(19)22-2)23(20,21)18-8-11-4-5-14(17)13(11)9-18;/h3,6-7,11,13-14H,4-5,8-9,17H2,1-2H3;1H. The van der Waals surface area contributed by atoms with Crippen LogP contribution in [0.25, 0.3) is 0 Å². The number of hydrogen-bond acceptors (Lipinski definition) is 5. The van der Waals surface area contributed by atoms with Crippen LogP contribution >= 0.6 is 12.4 Å². The van der Waals surface area contributed by atoms with E-state index in [1.807, 2.05) is 6.92 Å². The number of carbonyl (C=O) groups excluding carboxylic acids is 1. The molecule has 1 heterocycles. The molecule has 134 valence electrons. The van der Waals surface area contributed by atoms with Gasteiger partial charge in [0.1, 0.15) is 0 Å². The highest BCUT2D eigenvalue weighted by Gasteiger charge is 2.45. The average molecular weight is 375 g/mol. The molecule has 8 heteroatoms. The van der Waals surface area contributed by atoms with Gasteiger partial charge in [0.2, 0.25) is 10.0 Å². The summed E-state index contributed by atoms with van der Waals surface area (Å²) in [5, 5.41) is 0. The Bertz CT molecular complexity index is 738. The number of sulfonamides is 1. The third-order valence-electron chi connectivity index (χ3n) is 5.04. The van der Waals surface area contributed by atoms with E-state index in [1.165, 1.54) is 17.5 Å². The van der Waals surface area contributed by atoms with Crippen molar-refractivity contribution >= 4 is 28.4 Å². The van der Waals surface area contributed by atoms with Crippen LogP contribution in [0.1, 0.15) is 28.8 Å². The number of rotatable bonds is 3. The van der Waals surface area contributed by atoms with E-state index in [0.29, 0.717) is 19.0 Å². The van der Waals surface area contributed by atoms with Gasteiger partial charge in [0.25, 0.3) is 0 Å². The van der Waals surface area contributed by atoms with Crippen LogP contribution in [0.4, 0.5) is 0 Å². The Labute approximate surface area is 148 Å². The molecule has 2 aliphatic rings. The molecule has 6 nitrogen and oxygen atoms in total. The van der Waals surface area contributed by atoms with Crippen molar-refractivity contribution in [1.29, 1.82) is 0 Å². The molecule has 3 unspecified atom stereocenters. The third kappa shape index (κ3) is 3.18. The molecule has 1 aromatic rings. The van der Waals surface area contributed by atoms with Gasteiger partial charge in [-0.1, -0.05) is 11.6 Å². The number of nitrogens with zero attached hydrogens (tertiary/aromatic N) is 1. The van der Waals surface area contributed by atoms with Gasteiger partial charge in [-0.25, -0.2) is 13.2 Å². The quantitative estimate of drug-likeness (QED) is 0.811.